The number of carbonyl (C=O) groups is 1. The fourth-order valence-electron chi connectivity index (χ4n) is 3.11. The van der Waals surface area contributed by atoms with Gasteiger partial charge in [-0.25, -0.2) is 5.01 Å². The van der Waals surface area contributed by atoms with Gasteiger partial charge in [0.05, 0.1) is 6.04 Å². The number of amides is 1. The largest absolute Gasteiger partial charge is 0.273 e. The van der Waals surface area contributed by atoms with E-state index in [0.29, 0.717) is 0 Å². The first-order chi connectivity index (χ1) is 9.36. The second-order valence-corrected chi connectivity index (χ2v) is 5.48. The number of hydrazone groups is 1. The van der Waals surface area contributed by atoms with E-state index in [0.717, 1.165) is 19.3 Å². The summed E-state index contributed by atoms with van der Waals surface area (Å²) in [6, 6.07) is 10.3. The third-order valence-electron chi connectivity index (χ3n) is 4.19. The van der Waals surface area contributed by atoms with E-state index in [1.165, 1.54) is 24.8 Å². The molecule has 1 aliphatic carbocycles. The fraction of sp³-hybridized carbons (Fsp3) is 0.500. The molecule has 1 amide bonds. The van der Waals surface area contributed by atoms with Gasteiger partial charge in [-0.2, -0.15) is 5.10 Å². The minimum Gasteiger partial charge on any atom is -0.273 e. The molecule has 0 bridgehead atoms. The minimum absolute atomic E-state index is 0.107. The van der Waals surface area contributed by atoms with Crippen LogP contribution >= 0.6 is 0 Å². The Morgan fingerprint density at radius 3 is 2.58 bits per heavy atom. The van der Waals surface area contributed by atoms with Crippen LogP contribution in [0.1, 0.15) is 50.1 Å². The van der Waals surface area contributed by atoms with Crippen LogP contribution in [0.2, 0.25) is 0 Å². The maximum absolute atomic E-state index is 12.6. The van der Waals surface area contributed by atoms with Crippen molar-refractivity contribution in [2.75, 3.05) is 0 Å². The summed E-state index contributed by atoms with van der Waals surface area (Å²) in [4.78, 5) is 12.6. The molecule has 1 atom stereocenters. The lowest BCUT2D eigenvalue weighted by atomic mass is 9.88. The molecular formula is C16H20N2O. The quantitative estimate of drug-likeness (QED) is 0.796. The zero-order chi connectivity index (χ0) is 13.1. The van der Waals surface area contributed by atoms with Gasteiger partial charge in [-0.05, 0) is 18.4 Å². The first-order valence-corrected chi connectivity index (χ1v) is 7.27. The number of carbonyl (C=O) groups excluding carboxylic acids is 1. The molecule has 1 saturated carbocycles. The monoisotopic (exact) mass is 256 g/mol. The van der Waals surface area contributed by atoms with Crippen molar-refractivity contribution in [3.63, 3.8) is 0 Å². The van der Waals surface area contributed by atoms with Gasteiger partial charge in [0, 0.05) is 18.6 Å². The summed E-state index contributed by atoms with van der Waals surface area (Å²) in [5.41, 5.74) is 1.18. The Kier molecular flexibility index (Phi) is 3.62. The van der Waals surface area contributed by atoms with Gasteiger partial charge < -0.3 is 0 Å². The van der Waals surface area contributed by atoms with Crippen molar-refractivity contribution in [3.8, 4) is 0 Å². The van der Waals surface area contributed by atoms with Crippen LogP contribution in [0.15, 0.2) is 35.4 Å². The van der Waals surface area contributed by atoms with E-state index in [1.54, 1.807) is 5.01 Å². The van der Waals surface area contributed by atoms with Crippen LogP contribution in [0.3, 0.4) is 0 Å². The lowest BCUT2D eigenvalue weighted by Crippen LogP contribution is -2.33. The Balaban J connectivity index is 1.75. The van der Waals surface area contributed by atoms with Crippen LogP contribution in [0.4, 0.5) is 0 Å². The molecule has 3 rings (SSSR count). The van der Waals surface area contributed by atoms with Crippen molar-refractivity contribution in [1.29, 1.82) is 0 Å². The Bertz CT molecular complexity index is 463. The average molecular weight is 256 g/mol. The van der Waals surface area contributed by atoms with Gasteiger partial charge in [0.25, 0.3) is 0 Å². The Morgan fingerprint density at radius 1 is 1.11 bits per heavy atom. The highest BCUT2D eigenvalue weighted by atomic mass is 16.2. The number of benzene rings is 1. The maximum atomic E-state index is 12.6. The number of nitrogens with zero attached hydrogens (tertiary/aromatic N) is 2. The van der Waals surface area contributed by atoms with Crippen LogP contribution in [0, 0.1) is 5.92 Å². The molecule has 19 heavy (non-hydrogen) atoms. The first kappa shape index (κ1) is 12.4. The third-order valence-corrected chi connectivity index (χ3v) is 4.19. The summed E-state index contributed by atoms with van der Waals surface area (Å²) in [6.07, 6.45) is 8.42. The molecule has 0 saturated heterocycles. The van der Waals surface area contributed by atoms with Crippen molar-refractivity contribution >= 4 is 12.1 Å². The Hall–Kier alpha value is -1.64. The van der Waals surface area contributed by atoms with E-state index in [-0.39, 0.29) is 17.9 Å². The standard InChI is InChI=1S/C16H20N2O/c19-16(14-9-5-2-6-10-14)18-15(11-12-17-18)13-7-3-1-4-8-13/h1,3-4,7-8,12,14-15H,2,5-6,9-11H2. The second kappa shape index (κ2) is 5.55. The zero-order valence-electron chi connectivity index (χ0n) is 11.2. The molecule has 2 aliphatic rings. The van der Waals surface area contributed by atoms with Crippen LogP contribution in [0.25, 0.3) is 0 Å². The molecule has 0 aromatic heterocycles. The third kappa shape index (κ3) is 2.55. The van der Waals surface area contributed by atoms with Gasteiger partial charge >= 0.3 is 0 Å². The van der Waals surface area contributed by atoms with E-state index in [2.05, 4.69) is 17.2 Å². The number of rotatable bonds is 2. The molecule has 0 radical (unpaired) electrons. The normalized spacial score (nSPS) is 23.8. The molecule has 3 heteroatoms. The highest BCUT2D eigenvalue weighted by Gasteiger charge is 2.33. The molecule has 1 aromatic rings. The van der Waals surface area contributed by atoms with Gasteiger partial charge in [0.1, 0.15) is 0 Å². The molecular weight excluding hydrogens is 236 g/mol. The molecule has 1 aromatic carbocycles. The highest BCUT2D eigenvalue weighted by Crippen LogP contribution is 2.33. The predicted molar refractivity (Wildman–Crippen MR) is 75.7 cm³/mol. The van der Waals surface area contributed by atoms with Gasteiger partial charge in [-0.15, -0.1) is 0 Å². The lowest BCUT2D eigenvalue weighted by Gasteiger charge is -2.28. The van der Waals surface area contributed by atoms with E-state index in [1.807, 2.05) is 24.4 Å². The summed E-state index contributed by atoms with van der Waals surface area (Å²) >= 11 is 0. The van der Waals surface area contributed by atoms with Crippen LogP contribution in [0.5, 0.6) is 0 Å². The average Bonchev–Trinajstić information content (AvgIpc) is 2.98. The van der Waals surface area contributed by atoms with E-state index in [9.17, 15) is 4.79 Å². The van der Waals surface area contributed by atoms with Gasteiger partial charge in [0.15, 0.2) is 0 Å². The summed E-state index contributed by atoms with van der Waals surface area (Å²) in [7, 11) is 0. The molecule has 0 spiro atoms. The molecule has 0 N–H and O–H groups in total. The van der Waals surface area contributed by atoms with Crippen LogP contribution in [-0.2, 0) is 4.79 Å². The molecule has 3 nitrogen and oxygen atoms in total. The van der Waals surface area contributed by atoms with E-state index in [4.69, 9.17) is 0 Å². The smallest absolute Gasteiger partial charge is 0.246 e. The fourth-order valence-corrected chi connectivity index (χ4v) is 3.11. The van der Waals surface area contributed by atoms with Gasteiger partial charge in [0.2, 0.25) is 5.91 Å². The zero-order valence-corrected chi connectivity index (χ0v) is 11.2. The summed E-state index contributed by atoms with van der Waals surface area (Å²) < 4.78 is 0. The molecule has 100 valence electrons. The number of hydrogen-bond acceptors (Lipinski definition) is 2. The Labute approximate surface area is 114 Å². The second-order valence-electron chi connectivity index (χ2n) is 5.48. The lowest BCUT2D eigenvalue weighted by molar-refractivity contribution is -0.138. The molecule has 1 aliphatic heterocycles. The van der Waals surface area contributed by atoms with Crippen molar-refractivity contribution < 1.29 is 4.79 Å². The summed E-state index contributed by atoms with van der Waals surface area (Å²) in [5.74, 6) is 0.414. The predicted octanol–water partition coefficient (Wildman–Crippen LogP) is 3.53. The van der Waals surface area contributed by atoms with E-state index < -0.39 is 0 Å². The minimum atomic E-state index is 0.107. The maximum Gasteiger partial charge on any atom is 0.246 e. The van der Waals surface area contributed by atoms with Crippen molar-refractivity contribution in [1.82, 2.24) is 5.01 Å². The molecule has 1 fully saturated rings. The van der Waals surface area contributed by atoms with Crippen LogP contribution < -0.4 is 0 Å². The van der Waals surface area contributed by atoms with Gasteiger partial charge in [-0.3, -0.25) is 4.79 Å². The van der Waals surface area contributed by atoms with Crippen molar-refractivity contribution in [2.24, 2.45) is 11.0 Å². The Morgan fingerprint density at radius 2 is 1.84 bits per heavy atom. The molecule has 1 unspecified atom stereocenters. The summed E-state index contributed by atoms with van der Waals surface area (Å²) in [6.45, 7) is 0. The van der Waals surface area contributed by atoms with Gasteiger partial charge in [-0.1, -0.05) is 49.6 Å². The van der Waals surface area contributed by atoms with Crippen molar-refractivity contribution in [3.05, 3.63) is 35.9 Å². The first-order valence-electron chi connectivity index (χ1n) is 7.27. The highest BCUT2D eigenvalue weighted by molar-refractivity contribution is 5.82. The van der Waals surface area contributed by atoms with Crippen LogP contribution in [-0.4, -0.2) is 17.1 Å². The topological polar surface area (TPSA) is 32.7 Å². The SMILES string of the molecule is O=C(C1CCCCC1)N1N=CCC1c1ccccc1. The summed E-state index contributed by atoms with van der Waals surface area (Å²) in [5, 5.41) is 6.05. The van der Waals surface area contributed by atoms with E-state index >= 15 is 0 Å². The van der Waals surface area contributed by atoms with Crippen molar-refractivity contribution in [2.45, 2.75) is 44.6 Å². The number of hydrogen-bond donors (Lipinski definition) is 0. The molecule has 1 heterocycles.